The molecule has 0 radical (unpaired) electrons. The van der Waals surface area contributed by atoms with Gasteiger partial charge in [0.2, 0.25) is 0 Å². The number of carbonyl (C=O) groups excluding carboxylic acids is 1. The number of halogens is 1. The van der Waals surface area contributed by atoms with Crippen LogP contribution in [0.2, 0.25) is 5.02 Å². The first-order valence-corrected chi connectivity index (χ1v) is 5.48. The van der Waals surface area contributed by atoms with Crippen LogP contribution in [0.3, 0.4) is 0 Å². The second-order valence-electron chi connectivity index (χ2n) is 3.42. The molecule has 0 spiro atoms. The Morgan fingerprint density at radius 1 is 1.53 bits per heavy atom. The van der Waals surface area contributed by atoms with Crippen LogP contribution in [0.1, 0.15) is 22.7 Å². The SMILES string of the molecule is O=C(NCCCc1nn[nH]n1)c1cc(Cl)c[nH]1. The van der Waals surface area contributed by atoms with Crippen molar-refractivity contribution >= 4 is 17.5 Å². The maximum absolute atomic E-state index is 11.6. The number of nitrogens with one attached hydrogen (secondary N) is 3. The summed E-state index contributed by atoms with van der Waals surface area (Å²) in [4.78, 5) is 14.3. The first-order valence-electron chi connectivity index (χ1n) is 5.10. The number of aromatic nitrogens is 5. The molecule has 0 atom stereocenters. The van der Waals surface area contributed by atoms with Crippen LogP contribution in [0, 0.1) is 0 Å². The van der Waals surface area contributed by atoms with Crippen LogP contribution in [0.4, 0.5) is 0 Å². The van der Waals surface area contributed by atoms with E-state index in [4.69, 9.17) is 11.6 Å². The fourth-order valence-electron chi connectivity index (χ4n) is 1.33. The lowest BCUT2D eigenvalue weighted by Gasteiger charge is -2.01. The van der Waals surface area contributed by atoms with Gasteiger partial charge in [-0.2, -0.15) is 5.21 Å². The van der Waals surface area contributed by atoms with Crippen molar-refractivity contribution in [2.45, 2.75) is 12.8 Å². The third-order valence-corrected chi connectivity index (χ3v) is 2.36. The summed E-state index contributed by atoms with van der Waals surface area (Å²) in [6.45, 7) is 0.546. The highest BCUT2D eigenvalue weighted by Crippen LogP contribution is 2.08. The van der Waals surface area contributed by atoms with Gasteiger partial charge in [0.1, 0.15) is 5.69 Å². The summed E-state index contributed by atoms with van der Waals surface area (Å²) >= 11 is 5.70. The van der Waals surface area contributed by atoms with E-state index in [9.17, 15) is 4.79 Å². The van der Waals surface area contributed by atoms with E-state index in [0.717, 1.165) is 6.42 Å². The number of hydrogen-bond donors (Lipinski definition) is 3. The van der Waals surface area contributed by atoms with Gasteiger partial charge in [-0.3, -0.25) is 4.79 Å². The summed E-state index contributed by atoms with van der Waals surface area (Å²) in [6, 6.07) is 1.58. The molecule has 0 fully saturated rings. The minimum atomic E-state index is -0.176. The predicted octanol–water partition coefficient (Wildman–Crippen LogP) is 0.544. The Morgan fingerprint density at radius 3 is 3.06 bits per heavy atom. The van der Waals surface area contributed by atoms with Crippen LogP contribution in [0.25, 0.3) is 0 Å². The van der Waals surface area contributed by atoms with Gasteiger partial charge in [-0.25, -0.2) is 0 Å². The summed E-state index contributed by atoms with van der Waals surface area (Å²) < 4.78 is 0. The van der Waals surface area contributed by atoms with Crippen molar-refractivity contribution < 1.29 is 4.79 Å². The highest BCUT2D eigenvalue weighted by atomic mass is 35.5. The predicted molar refractivity (Wildman–Crippen MR) is 60.6 cm³/mol. The average Bonchev–Trinajstić information content (AvgIpc) is 2.95. The van der Waals surface area contributed by atoms with Gasteiger partial charge in [0, 0.05) is 19.2 Å². The first kappa shape index (κ1) is 11.6. The van der Waals surface area contributed by atoms with Crippen molar-refractivity contribution in [2.75, 3.05) is 6.54 Å². The van der Waals surface area contributed by atoms with Crippen LogP contribution < -0.4 is 5.32 Å². The van der Waals surface area contributed by atoms with Crippen LogP contribution in [0.5, 0.6) is 0 Å². The molecule has 0 aliphatic rings. The fourth-order valence-corrected chi connectivity index (χ4v) is 1.49. The Kier molecular flexibility index (Phi) is 3.71. The second-order valence-corrected chi connectivity index (χ2v) is 3.86. The van der Waals surface area contributed by atoms with E-state index < -0.39 is 0 Å². The van der Waals surface area contributed by atoms with E-state index >= 15 is 0 Å². The second kappa shape index (κ2) is 5.44. The van der Waals surface area contributed by atoms with Crippen molar-refractivity contribution in [3.8, 4) is 0 Å². The van der Waals surface area contributed by atoms with Crippen LogP contribution in [-0.4, -0.2) is 38.1 Å². The average molecular weight is 255 g/mol. The topological polar surface area (TPSA) is 99.3 Å². The highest BCUT2D eigenvalue weighted by molar-refractivity contribution is 6.30. The molecule has 0 aliphatic heterocycles. The van der Waals surface area contributed by atoms with Gasteiger partial charge in [0.25, 0.3) is 5.91 Å². The molecule has 2 aromatic heterocycles. The molecule has 2 aromatic rings. The molecule has 2 rings (SSSR count). The van der Waals surface area contributed by atoms with Gasteiger partial charge < -0.3 is 10.3 Å². The van der Waals surface area contributed by atoms with Gasteiger partial charge in [0.05, 0.1) is 5.02 Å². The van der Waals surface area contributed by atoms with Crippen LogP contribution in [-0.2, 0) is 6.42 Å². The smallest absolute Gasteiger partial charge is 0.267 e. The molecular weight excluding hydrogens is 244 g/mol. The summed E-state index contributed by atoms with van der Waals surface area (Å²) in [6.07, 6.45) is 2.98. The molecule has 0 bridgehead atoms. The molecule has 1 amide bonds. The Hall–Kier alpha value is -1.89. The summed E-state index contributed by atoms with van der Waals surface area (Å²) in [5.41, 5.74) is 0.453. The maximum Gasteiger partial charge on any atom is 0.267 e. The highest BCUT2D eigenvalue weighted by Gasteiger charge is 2.07. The monoisotopic (exact) mass is 254 g/mol. The zero-order valence-corrected chi connectivity index (χ0v) is 9.66. The quantitative estimate of drug-likeness (QED) is 0.678. The molecule has 8 heteroatoms. The van der Waals surface area contributed by atoms with Gasteiger partial charge in [0.15, 0.2) is 5.82 Å². The van der Waals surface area contributed by atoms with E-state index in [1.54, 1.807) is 12.3 Å². The van der Waals surface area contributed by atoms with Crippen molar-refractivity contribution in [3.63, 3.8) is 0 Å². The van der Waals surface area contributed by atoms with Crippen molar-refractivity contribution in [2.24, 2.45) is 0 Å². The lowest BCUT2D eigenvalue weighted by atomic mass is 10.3. The summed E-state index contributed by atoms with van der Waals surface area (Å²) in [7, 11) is 0. The minimum Gasteiger partial charge on any atom is -0.356 e. The Balaban J connectivity index is 1.70. The Morgan fingerprint density at radius 2 is 2.41 bits per heavy atom. The molecule has 17 heavy (non-hydrogen) atoms. The number of nitrogens with zero attached hydrogens (tertiary/aromatic N) is 3. The molecule has 0 aromatic carbocycles. The number of aryl methyl sites for hydroxylation is 1. The van der Waals surface area contributed by atoms with Gasteiger partial charge in [-0.15, -0.1) is 10.2 Å². The maximum atomic E-state index is 11.6. The minimum absolute atomic E-state index is 0.176. The van der Waals surface area contributed by atoms with E-state index in [1.807, 2.05) is 0 Å². The normalized spacial score (nSPS) is 10.4. The molecule has 3 N–H and O–H groups in total. The van der Waals surface area contributed by atoms with Gasteiger partial charge >= 0.3 is 0 Å². The zero-order chi connectivity index (χ0) is 12.1. The third kappa shape index (κ3) is 3.28. The Bertz CT molecular complexity index is 479. The van der Waals surface area contributed by atoms with Crippen LogP contribution >= 0.6 is 11.6 Å². The molecule has 0 saturated heterocycles. The zero-order valence-electron chi connectivity index (χ0n) is 8.90. The number of rotatable bonds is 5. The fraction of sp³-hybridized carbons (Fsp3) is 0.333. The molecule has 0 unspecified atom stereocenters. The number of H-pyrrole nitrogens is 2. The Labute approximate surface area is 102 Å². The van der Waals surface area contributed by atoms with Crippen molar-refractivity contribution in [1.29, 1.82) is 0 Å². The molecular formula is C9H11ClN6O. The number of aromatic amines is 2. The molecule has 7 nitrogen and oxygen atoms in total. The third-order valence-electron chi connectivity index (χ3n) is 2.14. The lowest BCUT2D eigenvalue weighted by molar-refractivity contribution is 0.0949. The van der Waals surface area contributed by atoms with Gasteiger partial charge in [-0.1, -0.05) is 16.8 Å². The van der Waals surface area contributed by atoms with E-state index in [1.165, 1.54) is 0 Å². The van der Waals surface area contributed by atoms with Crippen molar-refractivity contribution in [1.82, 2.24) is 30.9 Å². The number of amides is 1. The van der Waals surface area contributed by atoms with Gasteiger partial charge in [-0.05, 0) is 12.5 Å². The van der Waals surface area contributed by atoms with Crippen molar-refractivity contribution in [3.05, 3.63) is 28.8 Å². The molecule has 90 valence electrons. The molecule has 0 saturated carbocycles. The van der Waals surface area contributed by atoms with Crippen LogP contribution in [0.15, 0.2) is 12.3 Å². The molecule has 0 aliphatic carbocycles. The standard InChI is InChI=1S/C9H11ClN6O/c10-6-4-7(12-5-6)9(17)11-3-1-2-8-13-15-16-14-8/h4-5,12H,1-3H2,(H,11,17)(H,13,14,15,16). The van der Waals surface area contributed by atoms with E-state index in [2.05, 4.69) is 30.9 Å². The molecule has 2 heterocycles. The summed E-state index contributed by atoms with van der Waals surface area (Å²) in [5.74, 6) is 0.465. The largest absolute Gasteiger partial charge is 0.356 e. The number of tetrazole rings is 1. The van der Waals surface area contributed by atoms with E-state index in [-0.39, 0.29) is 5.91 Å². The van der Waals surface area contributed by atoms with E-state index in [0.29, 0.717) is 29.5 Å². The summed E-state index contributed by atoms with van der Waals surface area (Å²) in [5, 5.41) is 16.7. The lowest BCUT2D eigenvalue weighted by Crippen LogP contribution is -2.25. The first-order chi connectivity index (χ1) is 8.25. The number of hydrogen-bond acceptors (Lipinski definition) is 4. The number of carbonyl (C=O) groups is 1.